The van der Waals surface area contributed by atoms with Gasteiger partial charge in [0.15, 0.2) is 0 Å². The van der Waals surface area contributed by atoms with Crippen molar-refractivity contribution in [3.05, 3.63) is 0 Å². The average Bonchev–Trinajstić information content (AvgIpc) is 1.80. The number of nitrogens with zero attached hydrogens (tertiary/aromatic N) is 1. The van der Waals surface area contributed by atoms with Gasteiger partial charge in [-0.3, -0.25) is 8.22 Å². The molecule has 0 saturated carbocycles. The van der Waals surface area contributed by atoms with E-state index in [1.54, 1.807) is 13.8 Å². The van der Waals surface area contributed by atoms with Crippen molar-refractivity contribution in [3.8, 4) is 6.07 Å². The molecule has 11 heavy (non-hydrogen) atoms. The molecular weight excluding hydrogens is 164 g/mol. The van der Waals surface area contributed by atoms with Gasteiger partial charge in [0.05, 0.1) is 12.0 Å². The third kappa shape index (κ3) is 4.91. The molecule has 0 radical (unpaired) electrons. The van der Waals surface area contributed by atoms with Crippen LogP contribution in [0.25, 0.3) is 0 Å². The smallest absolute Gasteiger partial charge is 0.271 e. The molecule has 0 aromatic carbocycles. The van der Waals surface area contributed by atoms with Gasteiger partial charge < -0.3 is 0 Å². The molecule has 1 unspecified atom stereocenters. The van der Waals surface area contributed by atoms with Gasteiger partial charge in [0.1, 0.15) is 0 Å². The van der Waals surface area contributed by atoms with Crippen LogP contribution in [0.2, 0.25) is 12.6 Å². The maximum absolute atomic E-state index is 12.5. The van der Waals surface area contributed by atoms with Crippen LogP contribution in [0.5, 0.6) is 0 Å². The summed E-state index contributed by atoms with van der Waals surface area (Å²) in [7, 11) is -4.03. The minimum absolute atomic E-state index is 0.0401. The summed E-state index contributed by atoms with van der Waals surface area (Å²) in [6.45, 7) is 4.59. The number of hydrogen-bond donors (Lipinski definition) is 0. The van der Waals surface area contributed by atoms with E-state index in [0.29, 0.717) is 0 Å². The molecule has 0 heterocycles. The number of nitriles is 1. The lowest BCUT2D eigenvalue weighted by molar-refractivity contribution is 0.474. The highest BCUT2D eigenvalue weighted by molar-refractivity contribution is 6.64. The zero-order valence-corrected chi connectivity index (χ0v) is 8.06. The van der Waals surface area contributed by atoms with Crippen LogP contribution in [0.15, 0.2) is 0 Å². The Morgan fingerprint density at radius 3 is 2.00 bits per heavy atom. The number of rotatable bonds is 3. The molecule has 0 aliphatic carbocycles. The lowest BCUT2D eigenvalue weighted by atomic mass is 10.00. The van der Waals surface area contributed by atoms with Gasteiger partial charge in [0.2, 0.25) is 0 Å². The fourth-order valence-corrected chi connectivity index (χ4v) is 2.15. The Labute approximate surface area is 67.4 Å². The van der Waals surface area contributed by atoms with E-state index in [0.717, 1.165) is 6.55 Å². The highest BCUT2D eigenvalue weighted by Gasteiger charge is 2.33. The molecule has 64 valence electrons. The van der Waals surface area contributed by atoms with Crippen LogP contribution >= 0.6 is 0 Å². The zero-order chi connectivity index (χ0) is 9.07. The summed E-state index contributed by atoms with van der Waals surface area (Å²) >= 11 is 0. The van der Waals surface area contributed by atoms with Gasteiger partial charge in [-0.25, -0.2) is 0 Å². The standard InChI is InChI=1S/C7H13F2NSi/c1-6(2)7(4-10)5-11(3,8)9/h6-7H,5H2,1-3H3. The largest absolute Gasteiger partial charge is 0.423 e. The highest BCUT2D eigenvalue weighted by atomic mass is 28.4. The van der Waals surface area contributed by atoms with Gasteiger partial charge in [-0.05, 0) is 12.5 Å². The van der Waals surface area contributed by atoms with Crippen LogP contribution in [0, 0.1) is 23.2 Å². The van der Waals surface area contributed by atoms with Gasteiger partial charge in [-0.2, -0.15) is 5.26 Å². The molecule has 0 aromatic rings. The molecule has 0 amide bonds. The Kier molecular flexibility index (Phi) is 3.66. The van der Waals surface area contributed by atoms with E-state index in [9.17, 15) is 8.22 Å². The normalized spacial score (nSPS) is 14.6. The van der Waals surface area contributed by atoms with Crippen molar-refractivity contribution in [2.45, 2.75) is 26.4 Å². The third-order valence-electron chi connectivity index (χ3n) is 1.55. The number of hydrogen-bond acceptors (Lipinski definition) is 1. The molecule has 4 heteroatoms. The van der Waals surface area contributed by atoms with E-state index in [2.05, 4.69) is 0 Å². The zero-order valence-electron chi connectivity index (χ0n) is 7.06. The van der Waals surface area contributed by atoms with E-state index in [1.165, 1.54) is 0 Å². The summed E-state index contributed by atoms with van der Waals surface area (Å²) in [6.07, 6.45) is 0. The third-order valence-corrected chi connectivity index (χ3v) is 2.71. The summed E-state index contributed by atoms with van der Waals surface area (Å²) < 4.78 is 25.0. The van der Waals surface area contributed by atoms with Gasteiger partial charge >= 0.3 is 8.74 Å². The quantitative estimate of drug-likeness (QED) is 0.480. The van der Waals surface area contributed by atoms with Gasteiger partial charge in [0.25, 0.3) is 0 Å². The topological polar surface area (TPSA) is 23.8 Å². The van der Waals surface area contributed by atoms with E-state index >= 15 is 0 Å². The molecule has 0 saturated heterocycles. The summed E-state index contributed by atoms with van der Waals surface area (Å²) in [6, 6.07) is 1.72. The highest BCUT2D eigenvalue weighted by Crippen LogP contribution is 2.24. The van der Waals surface area contributed by atoms with Gasteiger partial charge in [-0.1, -0.05) is 13.8 Å². The maximum Gasteiger partial charge on any atom is 0.423 e. The SMILES string of the molecule is CC(C)C(C#N)C[Si](C)(F)F. The average molecular weight is 177 g/mol. The van der Waals surface area contributed by atoms with Crippen molar-refractivity contribution in [2.24, 2.45) is 11.8 Å². The van der Waals surface area contributed by atoms with Crippen molar-refractivity contribution in [2.75, 3.05) is 0 Å². The van der Waals surface area contributed by atoms with Crippen molar-refractivity contribution >= 4 is 8.74 Å². The molecule has 0 spiro atoms. The predicted molar refractivity (Wildman–Crippen MR) is 42.6 cm³/mol. The first-order chi connectivity index (χ1) is 4.87. The second-order valence-corrected chi connectivity index (χ2v) is 5.80. The monoisotopic (exact) mass is 177 g/mol. The van der Waals surface area contributed by atoms with Crippen LogP contribution in [-0.2, 0) is 0 Å². The first-order valence-corrected chi connectivity index (χ1v) is 6.10. The molecular formula is C7H13F2NSi. The Morgan fingerprint density at radius 1 is 1.45 bits per heavy atom. The second kappa shape index (κ2) is 3.81. The predicted octanol–water partition coefficient (Wildman–Crippen LogP) is 2.79. The van der Waals surface area contributed by atoms with Crippen molar-refractivity contribution in [1.29, 1.82) is 5.26 Å². The Hall–Kier alpha value is -0.433. The Bertz CT molecular complexity index is 157. The van der Waals surface area contributed by atoms with Crippen molar-refractivity contribution in [3.63, 3.8) is 0 Å². The van der Waals surface area contributed by atoms with Gasteiger partial charge in [0, 0.05) is 6.04 Å². The first kappa shape index (κ1) is 10.6. The molecule has 0 aliphatic heterocycles. The fourth-order valence-electron chi connectivity index (χ4n) is 0.817. The van der Waals surface area contributed by atoms with Crippen LogP contribution in [0.1, 0.15) is 13.8 Å². The molecule has 0 N–H and O–H groups in total. The maximum atomic E-state index is 12.5. The number of halogens is 2. The van der Waals surface area contributed by atoms with Crippen LogP contribution in [0.4, 0.5) is 8.22 Å². The minimum Gasteiger partial charge on any atom is -0.271 e. The van der Waals surface area contributed by atoms with Crippen LogP contribution in [-0.4, -0.2) is 8.74 Å². The van der Waals surface area contributed by atoms with Crippen LogP contribution in [0.3, 0.4) is 0 Å². The first-order valence-electron chi connectivity index (χ1n) is 3.64. The van der Waals surface area contributed by atoms with E-state index in [-0.39, 0.29) is 12.0 Å². The molecule has 0 aliphatic rings. The summed E-state index contributed by atoms with van der Waals surface area (Å²) in [5, 5.41) is 8.50. The molecule has 1 atom stereocenters. The Balaban J connectivity index is 4.02. The van der Waals surface area contributed by atoms with Crippen LogP contribution < -0.4 is 0 Å². The molecule has 0 aromatic heterocycles. The minimum atomic E-state index is -4.03. The van der Waals surface area contributed by atoms with Gasteiger partial charge in [-0.15, -0.1) is 0 Å². The lowest BCUT2D eigenvalue weighted by Crippen LogP contribution is -2.23. The van der Waals surface area contributed by atoms with E-state index < -0.39 is 14.7 Å². The summed E-state index contributed by atoms with van der Waals surface area (Å²) in [4.78, 5) is 0. The molecule has 1 nitrogen and oxygen atoms in total. The summed E-state index contributed by atoms with van der Waals surface area (Å²) in [5.41, 5.74) is 0. The molecule has 0 bridgehead atoms. The van der Waals surface area contributed by atoms with E-state index in [1.807, 2.05) is 6.07 Å². The molecule has 0 fully saturated rings. The lowest BCUT2D eigenvalue weighted by Gasteiger charge is -2.14. The van der Waals surface area contributed by atoms with Crippen molar-refractivity contribution < 1.29 is 8.22 Å². The van der Waals surface area contributed by atoms with Crippen molar-refractivity contribution in [1.82, 2.24) is 0 Å². The fraction of sp³-hybridized carbons (Fsp3) is 0.857. The Morgan fingerprint density at radius 2 is 1.91 bits per heavy atom. The second-order valence-electron chi connectivity index (χ2n) is 3.25. The van der Waals surface area contributed by atoms with E-state index in [4.69, 9.17) is 5.26 Å². The summed E-state index contributed by atoms with van der Waals surface area (Å²) in [5.74, 6) is -0.431. The molecule has 0 rings (SSSR count).